The standard InChI is InChI=1S/C26H24N4OS/c1-18-9-3-6-12-21(18)25-27-28-26(29(25)2)32-17-24(31)30-22-13-7-4-10-19(22)15-16-20-11-5-8-14-23(20)30/h3-14H,15-17H2,1-2H3. The van der Waals surface area contributed by atoms with Gasteiger partial charge in [0.25, 0.3) is 0 Å². The summed E-state index contributed by atoms with van der Waals surface area (Å²) in [5, 5.41) is 9.48. The highest BCUT2D eigenvalue weighted by Gasteiger charge is 2.26. The summed E-state index contributed by atoms with van der Waals surface area (Å²) in [5.41, 5.74) is 6.54. The topological polar surface area (TPSA) is 51.0 Å². The van der Waals surface area contributed by atoms with Crippen LogP contribution >= 0.6 is 11.8 Å². The molecule has 1 aliphatic heterocycles. The molecule has 2 heterocycles. The maximum atomic E-state index is 13.5. The Labute approximate surface area is 192 Å². The molecule has 0 bridgehead atoms. The molecular formula is C26H24N4OS. The van der Waals surface area contributed by atoms with Gasteiger partial charge in [-0.3, -0.25) is 9.69 Å². The number of amides is 1. The molecule has 0 aliphatic carbocycles. The first-order valence-electron chi connectivity index (χ1n) is 10.7. The highest BCUT2D eigenvalue weighted by atomic mass is 32.2. The highest BCUT2D eigenvalue weighted by Crippen LogP contribution is 2.36. The van der Waals surface area contributed by atoms with E-state index in [2.05, 4.69) is 35.3 Å². The van der Waals surface area contributed by atoms with E-state index in [-0.39, 0.29) is 11.7 Å². The number of anilines is 2. The van der Waals surface area contributed by atoms with E-state index in [0.717, 1.165) is 46.3 Å². The van der Waals surface area contributed by atoms with Gasteiger partial charge in [-0.25, -0.2) is 0 Å². The second-order valence-corrected chi connectivity index (χ2v) is 8.90. The first kappa shape index (κ1) is 20.5. The normalized spacial score (nSPS) is 12.8. The summed E-state index contributed by atoms with van der Waals surface area (Å²) in [4.78, 5) is 15.4. The summed E-state index contributed by atoms with van der Waals surface area (Å²) in [5.74, 6) is 1.13. The van der Waals surface area contributed by atoms with Crippen molar-refractivity contribution in [3.8, 4) is 11.4 Å². The molecule has 0 saturated carbocycles. The molecule has 4 aromatic rings. The van der Waals surface area contributed by atoms with E-state index < -0.39 is 0 Å². The lowest BCUT2D eigenvalue weighted by Crippen LogP contribution is -2.28. The van der Waals surface area contributed by atoms with Crippen molar-refractivity contribution < 1.29 is 4.79 Å². The van der Waals surface area contributed by atoms with Crippen LogP contribution in [0.2, 0.25) is 0 Å². The van der Waals surface area contributed by atoms with Gasteiger partial charge in [-0.05, 0) is 48.6 Å². The summed E-state index contributed by atoms with van der Waals surface area (Å²) < 4.78 is 1.96. The summed E-state index contributed by atoms with van der Waals surface area (Å²) in [6, 6.07) is 24.5. The molecule has 1 aromatic heterocycles. The minimum Gasteiger partial charge on any atom is -0.305 e. The largest absolute Gasteiger partial charge is 0.305 e. The van der Waals surface area contributed by atoms with Crippen LogP contribution in [0.25, 0.3) is 11.4 Å². The van der Waals surface area contributed by atoms with Gasteiger partial charge in [0, 0.05) is 12.6 Å². The van der Waals surface area contributed by atoms with Crippen LogP contribution in [-0.4, -0.2) is 26.4 Å². The highest BCUT2D eigenvalue weighted by molar-refractivity contribution is 7.99. The molecule has 1 amide bonds. The number of benzene rings is 3. The van der Waals surface area contributed by atoms with Gasteiger partial charge in [0.2, 0.25) is 5.91 Å². The van der Waals surface area contributed by atoms with E-state index in [0.29, 0.717) is 0 Å². The molecule has 32 heavy (non-hydrogen) atoms. The van der Waals surface area contributed by atoms with Crippen molar-refractivity contribution in [3.63, 3.8) is 0 Å². The number of nitrogens with zero attached hydrogens (tertiary/aromatic N) is 4. The van der Waals surface area contributed by atoms with E-state index in [1.165, 1.54) is 22.9 Å². The van der Waals surface area contributed by atoms with Crippen molar-refractivity contribution >= 4 is 29.0 Å². The van der Waals surface area contributed by atoms with Gasteiger partial charge >= 0.3 is 0 Å². The van der Waals surface area contributed by atoms with E-state index in [1.54, 1.807) is 0 Å². The Bertz CT molecular complexity index is 1250. The van der Waals surface area contributed by atoms with Gasteiger partial charge in [0.1, 0.15) is 0 Å². The third-order valence-corrected chi connectivity index (χ3v) is 6.93. The van der Waals surface area contributed by atoms with Crippen LogP contribution < -0.4 is 4.90 Å². The van der Waals surface area contributed by atoms with Crippen molar-refractivity contribution in [3.05, 3.63) is 89.5 Å². The number of para-hydroxylation sites is 2. The van der Waals surface area contributed by atoms with E-state index in [9.17, 15) is 4.79 Å². The molecule has 0 unspecified atom stereocenters. The number of aromatic nitrogens is 3. The molecule has 5 rings (SSSR count). The minimum absolute atomic E-state index is 0.0391. The van der Waals surface area contributed by atoms with Gasteiger partial charge < -0.3 is 4.57 Å². The molecule has 0 fully saturated rings. The van der Waals surface area contributed by atoms with Crippen LogP contribution in [0.5, 0.6) is 0 Å². The Morgan fingerprint density at radius 3 is 2.12 bits per heavy atom. The zero-order valence-corrected chi connectivity index (χ0v) is 19.0. The first-order valence-corrected chi connectivity index (χ1v) is 11.7. The lowest BCUT2D eigenvalue weighted by molar-refractivity contribution is -0.115. The number of aryl methyl sites for hydroxylation is 3. The van der Waals surface area contributed by atoms with Crippen LogP contribution in [0.15, 0.2) is 78.0 Å². The number of hydrogen-bond donors (Lipinski definition) is 0. The third kappa shape index (κ3) is 3.71. The molecule has 3 aromatic carbocycles. The zero-order chi connectivity index (χ0) is 22.1. The predicted octanol–water partition coefficient (Wildman–Crippen LogP) is 5.35. The van der Waals surface area contributed by atoms with Gasteiger partial charge in [-0.15, -0.1) is 10.2 Å². The molecule has 0 atom stereocenters. The number of fused-ring (bicyclic) bond motifs is 2. The molecule has 5 nitrogen and oxygen atoms in total. The molecule has 0 N–H and O–H groups in total. The molecule has 0 saturated heterocycles. The smallest absolute Gasteiger partial charge is 0.242 e. The molecule has 1 aliphatic rings. The Kier molecular flexibility index (Phi) is 5.53. The second-order valence-electron chi connectivity index (χ2n) is 7.96. The van der Waals surface area contributed by atoms with Gasteiger partial charge in [-0.2, -0.15) is 0 Å². The number of carbonyl (C=O) groups is 1. The van der Waals surface area contributed by atoms with Crippen molar-refractivity contribution in [1.82, 2.24) is 14.8 Å². The zero-order valence-electron chi connectivity index (χ0n) is 18.2. The minimum atomic E-state index is 0.0391. The molecule has 6 heteroatoms. The van der Waals surface area contributed by atoms with Crippen LogP contribution in [0.4, 0.5) is 11.4 Å². The van der Waals surface area contributed by atoms with Crippen LogP contribution in [0.1, 0.15) is 16.7 Å². The van der Waals surface area contributed by atoms with Gasteiger partial charge in [0.05, 0.1) is 17.1 Å². The van der Waals surface area contributed by atoms with Crippen LogP contribution in [0, 0.1) is 6.92 Å². The second kappa shape index (κ2) is 8.63. The van der Waals surface area contributed by atoms with E-state index in [1.807, 2.05) is 71.1 Å². The maximum Gasteiger partial charge on any atom is 0.242 e. The summed E-state index contributed by atoms with van der Waals surface area (Å²) >= 11 is 1.42. The lowest BCUT2D eigenvalue weighted by Gasteiger charge is -2.24. The summed E-state index contributed by atoms with van der Waals surface area (Å²) in [6.45, 7) is 2.06. The molecule has 0 spiro atoms. The number of carbonyl (C=O) groups excluding carboxylic acids is 1. The SMILES string of the molecule is Cc1ccccc1-c1nnc(SCC(=O)N2c3ccccc3CCc3ccccc32)n1C. The first-order chi connectivity index (χ1) is 15.6. The number of hydrogen-bond acceptors (Lipinski definition) is 4. The monoisotopic (exact) mass is 440 g/mol. The summed E-state index contributed by atoms with van der Waals surface area (Å²) in [6.07, 6.45) is 1.85. The lowest BCUT2D eigenvalue weighted by atomic mass is 10.0. The summed E-state index contributed by atoms with van der Waals surface area (Å²) in [7, 11) is 1.95. The van der Waals surface area contributed by atoms with Gasteiger partial charge in [0.15, 0.2) is 11.0 Å². The van der Waals surface area contributed by atoms with Gasteiger partial charge in [-0.1, -0.05) is 72.4 Å². The van der Waals surface area contributed by atoms with Crippen molar-refractivity contribution in [2.24, 2.45) is 7.05 Å². The molecule has 0 radical (unpaired) electrons. The predicted molar refractivity (Wildman–Crippen MR) is 129 cm³/mol. The van der Waals surface area contributed by atoms with E-state index >= 15 is 0 Å². The average molecular weight is 441 g/mol. The number of thioether (sulfide) groups is 1. The fourth-order valence-corrected chi connectivity index (χ4v) is 5.00. The maximum absolute atomic E-state index is 13.5. The van der Waals surface area contributed by atoms with E-state index in [4.69, 9.17) is 0 Å². The van der Waals surface area contributed by atoms with Crippen LogP contribution in [-0.2, 0) is 24.7 Å². The fourth-order valence-electron chi connectivity index (χ4n) is 4.24. The van der Waals surface area contributed by atoms with Crippen LogP contribution in [0.3, 0.4) is 0 Å². The Hall–Kier alpha value is -3.38. The Morgan fingerprint density at radius 1 is 0.875 bits per heavy atom. The van der Waals surface area contributed by atoms with Crippen molar-refractivity contribution in [2.45, 2.75) is 24.9 Å². The van der Waals surface area contributed by atoms with Crippen molar-refractivity contribution in [2.75, 3.05) is 10.7 Å². The molecule has 160 valence electrons. The Morgan fingerprint density at radius 2 is 1.47 bits per heavy atom. The Balaban J connectivity index is 1.43. The quantitative estimate of drug-likeness (QED) is 0.402. The van der Waals surface area contributed by atoms with Crippen molar-refractivity contribution in [1.29, 1.82) is 0 Å². The number of rotatable bonds is 4. The third-order valence-electron chi connectivity index (χ3n) is 5.92. The fraction of sp³-hybridized carbons (Fsp3) is 0.192. The average Bonchev–Trinajstić information content (AvgIpc) is 3.08. The molecular weight excluding hydrogens is 416 g/mol.